The minimum absolute atomic E-state index is 0.534. The molecule has 0 atom stereocenters. The van der Waals surface area contributed by atoms with Crippen LogP contribution in [-0.4, -0.2) is 61.8 Å². The maximum absolute atomic E-state index is 6.37. The number of ether oxygens (including phenoxy) is 1. The summed E-state index contributed by atoms with van der Waals surface area (Å²) in [5.74, 6) is 2.89. The molecule has 0 aromatic rings. The van der Waals surface area contributed by atoms with Gasteiger partial charge in [-0.15, -0.1) is 0 Å². The first-order valence-corrected chi connectivity index (χ1v) is 9.66. The lowest BCUT2D eigenvalue weighted by molar-refractivity contribution is -0.0658. The summed E-state index contributed by atoms with van der Waals surface area (Å²) in [6, 6.07) is 0. The molecule has 1 saturated carbocycles. The molecule has 2 saturated heterocycles. The van der Waals surface area contributed by atoms with E-state index in [1.54, 1.807) is 0 Å². The third-order valence-corrected chi connectivity index (χ3v) is 6.32. The molecule has 0 N–H and O–H groups in total. The molecule has 0 unspecified atom stereocenters. The lowest BCUT2D eigenvalue weighted by Crippen LogP contribution is -2.44. The SMILES string of the molecule is CC(C)C1CC(CN2CCC(OC3CCN(C)CC3)CC2)C1. The van der Waals surface area contributed by atoms with Gasteiger partial charge in [0, 0.05) is 32.7 Å². The van der Waals surface area contributed by atoms with Crippen LogP contribution in [-0.2, 0) is 4.74 Å². The number of nitrogens with zero attached hydrogens (tertiary/aromatic N) is 2. The Hall–Kier alpha value is -0.120. The average Bonchev–Trinajstić information content (AvgIpc) is 2.46. The lowest BCUT2D eigenvalue weighted by Gasteiger charge is -2.43. The summed E-state index contributed by atoms with van der Waals surface area (Å²) in [7, 11) is 2.22. The maximum Gasteiger partial charge on any atom is 0.0603 e. The van der Waals surface area contributed by atoms with Gasteiger partial charge >= 0.3 is 0 Å². The van der Waals surface area contributed by atoms with Crippen molar-refractivity contribution < 1.29 is 4.74 Å². The molecule has 3 rings (SSSR count). The minimum atomic E-state index is 0.534. The molecular formula is C19H36N2O. The second-order valence-electron chi connectivity index (χ2n) is 8.48. The predicted molar refractivity (Wildman–Crippen MR) is 92.1 cm³/mol. The van der Waals surface area contributed by atoms with Crippen LogP contribution < -0.4 is 0 Å². The van der Waals surface area contributed by atoms with Gasteiger partial charge in [-0.05, 0) is 63.3 Å². The Morgan fingerprint density at radius 1 is 0.909 bits per heavy atom. The molecule has 3 heteroatoms. The van der Waals surface area contributed by atoms with Crippen LogP contribution in [0.25, 0.3) is 0 Å². The van der Waals surface area contributed by atoms with Crippen LogP contribution in [0.1, 0.15) is 52.4 Å². The van der Waals surface area contributed by atoms with Gasteiger partial charge < -0.3 is 14.5 Å². The van der Waals surface area contributed by atoms with Gasteiger partial charge in [0.05, 0.1) is 12.2 Å². The topological polar surface area (TPSA) is 15.7 Å². The van der Waals surface area contributed by atoms with Crippen molar-refractivity contribution in [1.29, 1.82) is 0 Å². The predicted octanol–water partition coefficient (Wildman–Crippen LogP) is 3.24. The van der Waals surface area contributed by atoms with Crippen molar-refractivity contribution in [3.63, 3.8) is 0 Å². The fourth-order valence-electron chi connectivity index (χ4n) is 4.47. The molecule has 0 amide bonds. The normalized spacial score (nSPS) is 33.3. The second kappa shape index (κ2) is 7.63. The van der Waals surface area contributed by atoms with Gasteiger partial charge in [-0.25, -0.2) is 0 Å². The number of likely N-dealkylation sites (tertiary alicyclic amines) is 2. The largest absolute Gasteiger partial charge is 0.375 e. The van der Waals surface area contributed by atoms with Gasteiger partial charge in [-0.3, -0.25) is 0 Å². The van der Waals surface area contributed by atoms with Gasteiger partial charge in [0.1, 0.15) is 0 Å². The van der Waals surface area contributed by atoms with Crippen LogP contribution in [0.2, 0.25) is 0 Å². The van der Waals surface area contributed by atoms with Gasteiger partial charge in [0.25, 0.3) is 0 Å². The molecule has 3 nitrogen and oxygen atoms in total. The quantitative estimate of drug-likeness (QED) is 0.775. The molecule has 2 heterocycles. The fourth-order valence-corrected chi connectivity index (χ4v) is 4.47. The molecule has 1 aliphatic carbocycles. The molecule has 0 aromatic heterocycles. The first-order chi connectivity index (χ1) is 10.6. The molecule has 128 valence electrons. The van der Waals surface area contributed by atoms with Crippen LogP contribution in [0.4, 0.5) is 0 Å². The molecule has 22 heavy (non-hydrogen) atoms. The van der Waals surface area contributed by atoms with E-state index in [4.69, 9.17) is 4.74 Å². The van der Waals surface area contributed by atoms with Crippen LogP contribution >= 0.6 is 0 Å². The highest BCUT2D eigenvalue weighted by molar-refractivity contribution is 4.85. The Labute approximate surface area is 137 Å². The Morgan fingerprint density at radius 2 is 1.45 bits per heavy atom. The summed E-state index contributed by atoms with van der Waals surface area (Å²) < 4.78 is 6.37. The van der Waals surface area contributed by atoms with Crippen molar-refractivity contribution >= 4 is 0 Å². The van der Waals surface area contributed by atoms with Gasteiger partial charge in [0.15, 0.2) is 0 Å². The molecule has 0 radical (unpaired) electrons. The van der Waals surface area contributed by atoms with Crippen LogP contribution in [0.3, 0.4) is 0 Å². The zero-order chi connectivity index (χ0) is 15.5. The highest BCUT2D eigenvalue weighted by Crippen LogP contribution is 2.39. The van der Waals surface area contributed by atoms with E-state index in [1.165, 1.54) is 71.2 Å². The number of hydrogen-bond donors (Lipinski definition) is 0. The lowest BCUT2D eigenvalue weighted by atomic mass is 9.69. The van der Waals surface area contributed by atoms with E-state index in [1.807, 2.05) is 0 Å². The van der Waals surface area contributed by atoms with E-state index in [9.17, 15) is 0 Å². The maximum atomic E-state index is 6.37. The third-order valence-electron chi connectivity index (χ3n) is 6.32. The second-order valence-corrected chi connectivity index (χ2v) is 8.48. The number of rotatable bonds is 5. The van der Waals surface area contributed by atoms with Crippen LogP contribution in [0.15, 0.2) is 0 Å². The monoisotopic (exact) mass is 308 g/mol. The van der Waals surface area contributed by atoms with E-state index < -0.39 is 0 Å². The Balaban J connectivity index is 1.30. The smallest absolute Gasteiger partial charge is 0.0603 e. The van der Waals surface area contributed by atoms with Crippen molar-refractivity contribution in [2.75, 3.05) is 39.8 Å². The van der Waals surface area contributed by atoms with Crippen molar-refractivity contribution in [3.8, 4) is 0 Å². The zero-order valence-electron chi connectivity index (χ0n) is 15.0. The Bertz CT molecular complexity index is 324. The molecule has 2 aliphatic heterocycles. The first kappa shape index (κ1) is 16.7. The van der Waals surface area contributed by atoms with Crippen molar-refractivity contribution in [3.05, 3.63) is 0 Å². The summed E-state index contributed by atoms with van der Waals surface area (Å²) in [5, 5.41) is 0. The van der Waals surface area contributed by atoms with Crippen LogP contribution in [0.5, 0.6) is 0 Å². The summed E-state index contributed by atoms with van der Waals surface area (Å²) in [5.41, 5.74) is 0. The van der Waals surface area contributed by atoms with Gasteiger partial charge in [-0.1, -0.05) is 13.8 Å². The molecular weight excluding hydrogens is 272 g/mol. The van der Waals surface area contributed by atoms with Crippen molar-refractivity contribution in [1.82, 2.24) is 9.80 Å². The van der Waals surface area contributed by atoms with E-state index in [0.29, 0.717) is 12.2 Å². The van der Waals surface area contributed by atoms with E-state index in [-0.39, 0.29) is 0 Å². The summed E-state index contributed by atoms with van der Waals surface area (Å²) in [4.78, 5) is 5.13. The van der Waals surface area contributed by atoms with Gasteiger partial charge in [0.2, 0.25) is 0 Å². The molecule has 0 spiro atoms. The van der Waals surface area contributed by atoms with E-state index >= 15 is 0 Å². The first-order valence-electron chi connectivity index (χ1n) is 9.66. The molecule has 3 aliphatic rings. The summed E-state index contributed by atoms with van der Waals surface area (Å²) >= 11 is 0. The summed E-state index contributed by atoms with van der Waals surface area (Å²) in [6.45, 7) is 11.1. The molecule has 0 aromatic carbocycles. The third kappa shape index (κ3) is 4.46. The van der Waals surface area contributed by atoms with Gasteiger partial charge in [-0.2, -0.15) is 0 Å². The van der Waals surface area contributed by atoms with Crippen molar-refractivity contribution in [2.24, 2.45) is 17.8 Å². The Kier molecular flexibility index (Phi) is 5.80. The number of hydrogen-bond acceptors (Lipinski definition) is 3. The highest BCUT2D eigenvalue weighted by Gasteiger charge is 2.33. The zero-order valence-corrected chi connectivity index (χ0v) is 15.0. The summed E-state index contributed by atoms with van der Waals surface area (Å²) in [6.07, 6.45) is 9.00. The molecule has 0 bridgehead atoms. The average molecular weight is 309 g/mol. The van der Waals surface area contributed by atoms with Crippen LogP contribution in [0, 0.1) is 17.8 Å². The van der Waals surface area contributed by atoms with E-state index in [2.05, 4.69) is 30.7 Å². The van der Waals surface area contributed by atoms with Crippen molar-refractivity contribution in [2.45, 2.75) is 64.6 Å². The fraction of sp³-hybridized carbons (Fsp3) is 1.00. The highest BCUT2D eigenvalue weighted by atomic mass is 16.5. The standard InChI is InChI=1S/C19H36N2O/c1-15(2)17-12-16(13-17)14-21-10-6-19(7-11-21)22-18-4-8-20(3)9-5-18/h15-19H,4-14H2,1-3H3. The number of piperidine rings is 2. The molecule has 3 fully saturated rings. The minimum Gasteiger partial charge on any atom is -0.375 e. The Morgan fingerprint density at radius 3 is 2.00 bits per heavy atom. The van der Waals surface area contributed by atoms with E-state index in [0.717, 1.165) is 17.8 Å².